The Morgan fingerprint density at radius 2 is 1.62 bits per heavy atom. The van der Waals surface area contributed by atoms with E-state index in [1.807, 2.05) is 0 Å². The van der Waals surface area contributed by atoms with Crippen LogP contribution in [0.1, 0.15) is 19.8 Å². The van der Waals surface area contributed by atoms with Crippen LogP contribution in [0, 0.1) is 23.7 Å². The van der Waals surface area contributed by atoms with Crippen molar-refractivity contribution in [1.82, 2.24) is 10.2 Å². The van der Waals surface area contributed by atoms with Crippen molar-refractivity contribution in [2.45, 2.75) is 25.9 Å². The number of allylic oxidation sites excluding steroid dienone is 2. The predicted octanol–water partition coefficient (Wildman–Crippen LogP) is 3.00. The Morgan fingerprint density at radius 1 is 1.08 bits per heavy atom. The summed E-state index contributed by atoms with van der Waals surface area (Å²) in [5.41, 5.74) is 0.578. The van der Waals surface area contributed by atoms with Gasteiger partial charge in [-0.05, 0) is 55.9 Å². The minimum absolute atomic E-state index is 0.140. The second-order valence-corrected chi connectivity index (χ2v) is 7.61. The van der Waals surface area contributed by atoms with Crippen molar-refractivity contribution in [3.05, 3.63) is 41.4 Å². The van der Waals surface area contributed by atoms with E-state index >= 15 is 0 Å². The molecule has 1 aromatic rings. The van der Waals surface area contributed by atoms with E-state index in [0.29, 0.717) is 10.7 Å². The van der Waals surface area contributed by atoms with Crippen molar-refractivity contribution in [2.75, 3.05) is 5.32 Å². The summed E-state index contributed by atoms with van der Waals surface area (Å²) >= 11 is 5.82. The molecule has 0 unspecified atom stereocenters. The van der Waals surface area contributed by atoms with Crippen LogP contribution < -0.4 is 10.6 Å². The molecular weight excluding hydrogens is 354 g/mol. The molecule has 6 nitrogen and oxygen atoms in total. The van der Waals surface area contributed by atoms with Crippen molar-refractivity contribution in [3.63, 3.8) is 0 Å². The van der Waals surface area contributed by atoms with Crippen LogP contribution in [0.25, 0.3) is 0 Å². The first-order valence-electron chi connectivity index (χ1n) is 8.84. The van der Waals surface area contributed by atoms with Crippen molar-refractivity contribution >= 4 is 35.1 Å². The molecule has 1 aliphatic heterocycles. The third kappa shape index (κ3) is 2.78. The zero-order chi connectivity index (χ0) is 18.4. The fraction of sp³-hybridized carbons (Fsp3) is 0.421. The number of nitrogens with zero attached hydrogens (tertiary/aromatic N) is 1. The van der Waals surface area contributed by atoms with Crippen LogP contribution in [0.3, 0.4) is 0 Å². The molecule has 2 N–H and O–H groups in total. The predicted molar refractivity (Wildman–Crippen MR) is 97.3 cm³/mol. The summed E-state index contributed by atoms with van der Waals surface area (Å²) in [6, 6.07) is 6.22. The monoisotopic (exact) mass is 373 g/mol. The molecule has 2 fully saturated rings. The Morgan fingerprint density at radius 3 is 2.12 bits per heavy atom. The molecule has 5 rings (SSSR count). The van der Waals surface area contributed by atoms with Crippen molar-refractivity contribution in [2.24, 2.45) is 23.7 Å². The van der Waals surface area contributed by atoms with Gasteiger partial charge in [-0.2, -0.15) is 0 Å². The van der Waals surface area contributed by atoms with E-state index in [4.69, 9.17) is 11.6 Å². The number of nitrogens with one attached hydrogen (secondary N) is 2. The van der Waals surface area contributed by atoms with E-state index in [1.165, 1.54) is 4.90 Å². The number of benzene rings is 1. The molecule has 0 spiro atoms. The molecule has 3 aliphatic carbocycles. The number of rotatable bonds is 3. The first kappa shape index (κ1) is 17.1. The third-order valence-electron chi connectivity index (χ3n) is 5.62. The summed E-state index contributed by atoms with van der Waals surface area (Å²) in [6.07, 6.45) is 5.36. The molecule has 0 aromatic heterocycles. The Hall–Kier alpha value is -2.34. The standard InChI is InChI=1S/C19H20ClN3O3/c1-10(21-19(26)22-14-8-6-13(20)7-9-14)23-17(24)15-11-2-3-12(5-4-11)16(15)18(23)25/h2-3,6-12,15-16H,4-5H2,1H3,(H2,21,22,26)/t10-,11+,12+,15+,16+/m1/s1. The van der Waals surface area contributed by atoms with Gasteiger partial charge in [0.05, 0.1) is 11.8 Å². The van der Waals surface area contributed by atoms with Gasteiger partial charge >= 0.3 is 6.03 Å². The normalized spacial score (nSPS) is 30.3. The van der Waals surface area contributed by atoms with Crippen LogP contribution in [0.4, 0.5) is 10.5 Å². The van der Waals surface area contributed by atoms with Crippen LogP contribution in [-0.2, 0) is 9.59 Å². The first-order chi connectivity index (χ1) is 12.5. The molecule has 0 radical (unpaired) electrons. The third-order valence-corrected chi connectivity index (χ3v) is 5.87. The smallest absolute Gasteiger partial charge is 0.317 e. The van der Waals surface area contributed by atoms with E-state index in [9.17, 15) is 14.4 Å². The zero-order valence-electron chi connectivity index (χ0n) is 14.3. The van der Waals surface area contributed by atoms with Crippen LogP contribution in [0.15, 0.2) is 36.4 Å². The Kier molecular flexibility index (Phi) is 4.23. The van der Waals surface area contributed by atoms with Gasteiger partial charge in [0.2, 0.25) is 11.8 Å². The first-order valence-corrected chi connectivity index (χ1v) is 9.22. The lowest BCUT2D eigenvalue weighted by atomic mass is 9.63. The molecule has 1 saturated heterocycles. The molecule has 1 heterocycles. The second kappa shape index (κ2) is 6.43. The average molecular weight is 374 g/mol. The lowest BCUT2D eigenvalue weighted by Crippen LogP contribution is -2.50. The number of likely N-dealkylation sites (tertiary alicyclic amines) is 1. The largest absolute Gasteiger partial charge is 0.320 e. The van der Waals surface area contributed by atoms with E-state index < -0.39 is 12.2 Å². The molecule has 7 heteroatoms. The van der Waals surface area contributed by atoms with Gasteiger partial charge in [0.15, 0.2) is 0 Å². The van der Waals surface area contributed by atoms with Crippen LogP contribution in [-0.4, -0.2) is 28.9 Å². The number of urea groups is 1. The Labute approximate surface area is 156 Å². The topological polar surface area (TPSA) is 78.5 Å². The van der Waals surface area contributed by atoms with Gasteiger partial charge in [0, 0.05) is 10.7 Å². The highest BCUT2D eigenvalue weighted by Crippen LogP contribution is 2.49. The Balaban J connectivity index is 1.44. The molecule has 1 aromatic carbocycles. The number of carbonyl (C=O) groups is 3. The number of carbonyl (C=O) groups excluding carboxylic acids is 3. The fourth-order valence-corrected chi connectivity index (χ4v) is 4.56. The van der Waals surface area contributed by atoms with E-state index in [-0.39, 0.29) is 35.5 Å². The second-order valence-electron chi connectivity index (χ2n) is 7.17. The number of hydrogen-bond acceptors (Lipinski definition) is 3. The highest BCUT2D eigenvalue weighted by molar-refractivity contribution is 6.30. The van der Waals surface area contributed by atoms with Crippen LogP contribution in [0.2, 0.25) is 5.02 Å². The number of fused-ring (bicyclic) bond motifs is 1. The summed E-state index contributed by atoms with van der Waals surface area (Å²) in [6.45, 7) is 1.66. The van der Waals surface area contributed by atoms with Crippen molar-refractivity contribution < 1.29 is 14.4 Å². The SMILES string of the molecule is C[C@H](NC(=O)Nc1ccc(Cl)cc1)N1C(=O)[C@@H]2[C@@H](C1=O)[C@H]1C=C[C@H]2CC1. The fourth-order valence-electron chi connectivity index (χ4n) is 4.43. The summed E-state index contributed by atoms with van der Waals surface area (Å²) < 4.78 is 0. The highest BCUT2D eigenvalue weighted by Gasteiger charge is 2.57. The molecule has 2 bridgehead atoms. The number of halogens is 1. The average Bonchev–Trinajstić information content (AvgIpc) is 2.91. The van der Waals surface area contributed by atoms with E-state index in [0.717, 1.165) is 12.8 Å². The van der Waals surface area contributed by atoms with Gasteiger partial charge in [-0.25, -0.2) is 4.79 Å². The number of amides is 4. The zero-order valence-corrected chi connectivity index (χ0v) is 15.1. The molecule has 136 valence electrons. The summed E-state index contributed by atoms with van der Waals surface area (Å²) in [5, 5.41) is 5.93. The van der Waals surface area contributed by atoms with Crippen molar-refractivity contribution in [1.29, 1.82) is 0 Å². The molecule has 5 atom stereocenters. The van der Waals surface area contributed by atoms with E-state index in [1.54, 1.807) is 31.2 Å². The highest BCUT2D eigenvalue weighted by atomic mass is 35.5. The van der Waals surface area contributed by atoms with Gasteiger partial charge in [-0.15, -0.1) is 0 Å². The lowest BCUT2D eigenvalue weighted by Gasteiger charge is -2.38. The molecule has 26 heavy (non-hydrogen) atoms. The minimum atomic E-state index is -0.702. The maximum atomic E-state index is 12.8. The van der Waals surface area contributed by atoms with E-state index in [2.05, 4.69) is 22.8 Å². The number of imide groups is 1. The van der Waals surface area contributed by atoms with Gasteiger partial charge in [0.1, 0.15) is 6.17 Å². The Bertz CT molecular complexity index is 760. The van der Waals surface area contributed by atoms with Crippen LogP contribution >= 0.6 is 11.6 Å². The quantitative estimate of drug-likeness (QED) is 0.631. The maximum absolute atomic E-state index is 12.8. The lowest BCUT2D eigenvalue weighted by molar-refractivity contribution is -0.142. The van der Waals surface area contributed by atoms with Crippen molar-refractivity contribution in [3.8, 4) is 0 Å². The van der Waals surface area contributed by atoms with Gasteiger partial charge in [0.25, 0.3) is 0 Å². The number of hydrogen-bond donors (Lipinski definition) is 2. The molecular formula is C19H20ClN3O3. The minimum Gasteiger partial charge on any atom is -0.317 e. The van der Waals surface area contributed by atoms with Crippen LogP contribution in [0.5, 0.6) is 0 Å². The summed E-state index contributed by atoms with van der Waals surface area (Å²) in [7, 11) is 0. The summed E-state index contributed by atoms with van der Waals surface area (Å²) in [4.78, 5) is 39.1. The molecule has 4 amide bonds. The number of anilines is 1. The van der Waals surface area contributed by atoms with Gasteiger partial charge < -0.3 is 10.6 Å². The molecule has 4 aliphatic rings. The van der Waals surface area contributed by atoms with Gasteiger partial charge in [-0.3, -0.25) is 14.5 Å². The maximum Gasteiger partial charge on any atom is 0.320 e. The molecule has 1 saturated carbocycles. The summed E-state index contributed by atoms with van der Waals surface area (Å²) in [5.74, 6) is -0.593. The van der Waals surface area contributed by atoms with Gasteiger partial charge in [-0.1, -0.05) is 23.8 Å².